The van der Waals surface area contributed by atoms with Crippen molar-refractivity contribution in [2.24, 2.45) is 0 Å². The molecule has 0 aliphatic heterocycles. The van der Waals surface area contributed by atoms with Crippen LogP contribution in [-0.2, 0) is 0 Å². The Hall–Kier alpha value is -0.260. The lowest BCUT2D eigenvalue weighted by Crippen LogP contribution is -1.94. The van der Waals surface area contributed by atoms with Crippen molar-refractivity contribution in [3.05, 3.63) is 10.6 Å². The third-order valence-electron chi connectivity index (χ3n) is 0.681. The molecule has 0 amide bonds. The number of hydrogen-bond acceptors (Lipinski definition) is 5. The average molecular weight is 197 g/mol. The monoisotopic (exact) mass is 196 g/mol. The predicted octanol–water partition coefficient (Wildman–Crippen LogP) is 1.44. The fraction of sp³-hybridized carbons (Fsp3) is 0. The van der Waals surface area contributed by atoms with Gasteiger partial charge in [0.25, 0.3) is 0 Å². The largest absolute Gasteiger partial charge is 0.301 e. The fourth-order valence-corrected chi connectivity index (χ4v) is 0.839. The van der Waals surface area contributed by atoms with Crippen LogP contribution in [0.5, 0.6) is 0 Å². The molecule has 10 heavy (non-hydrogen) atoms. The van der Waals surface area contributed by atoms with Gasteiger partial charge in [-0.05, 0) is 23.2 Å². The zero-order chi connectivity index (χ0) is 7.56. The van der Waals surface area contributed by atoms with Crippen LogP contribution in [0, 0.1) is 0 Å². The molecule has 1 aromatic rings. The Kier molecular flexibility index (Phi) is 2.53. The van der Waals surface area contributed by atoms with Crippen molar-refractivity contribution in [1.82, 2.24) is 15.0 Å². The number of nitrogens with zero attached hydrogens (tertiary/aromatic N) is 3. The SMILES string of the molecule is SNc1nc(Cl)nc(Cl)n1. The van der Waals surface area contributed by atoms with Crippen LogP contribution in [0.3, 0.4) is 0 Å². The molecule has 0 saturated carbocycles. The Morgan fingerprint density at radius 1 is 1.10 bits per heavy atom. The Morgan fingerprint density at radius 3 is 2.00 bits per heavy atom. The lowest BCUT2D eigenvalue weighted by Gasteiger charge is -1.95. The van der Waals surface area contributed by atoms with Gasteiger partial charge in [0.2, 0.25) is 16.5 Å². The first-order valence-corrected chi connectivity index (χ1v) is 3.40. The second-order valence-corrected chi connectivity index (χ2v) is 2.21. The quantitative estimate of drug-likeness (QED) is 0.668. The molecule has 0 saturated heterocycles. The van der Waals surface area contributed by atoms with Gasteiger partial charge in [-0.2, -0.15) is 15.0 Å². The summed E-state index contributed by atoms with van der Waals surface area (Å²) in [4.78, 5) is 10.8. The van der Waals surface area contributed by atoms with Crippen LogP contribution in [0.1, 0.15) is 0 Å². The molecular weight excluding hydrogens is 195 g/mol. The van der Waals surface area contributed by atoms with Crippen molar-refractivity contribution in [1.29, 1.82) is 0 Å². The minimum absolute atomic E-state index is 0.0385. The van der Waals surface area contributed by atoms with Crippen molar-refractivity contribution in [2.75, 3.05) is 4.72 Å². The number of aromatic nitrogens is 3. The van der Waals surface area contributed by atoms with Gasteiger partial charge < -0.3 is 4.72 Å². The smallest absolute Gasteiger partial charge is 0.238 e. The molecule has 0 radical (unpaired) electrons. The molecule has 0 fully saturated rings. The first-order valence-electron chi connectivity index (χ1n) is 2.19. The summed E-state index contributed by atoms with van der Waals surface area (Å²) in [6.45, 7) is 0. The Bertz CT molecular complexity index is 222. The zero-order valence-electron chi connectivity index (χ0n) is 4.54. The summed E-state index contributed by atoms with van der Waals surface area (Å²) in [6.07, 6.45) is 0. The van der Waals surface area contributed by atoms with E-state index >= 15 is 0 Å². The second kappa shape index (κ2) is 3.23. The molecular formula is C3H2Cl2N4S. The summed E-state index contributed by atoms with van der Waals surface area (Å²) in [5, 5.41) is 0.0769. The summed E-state index contributed by atoms with van der Waals surface area (Å²) >= 11 is 14.5. The summed E-state index contributed by atoms with van der Waals surface area (Å²) in [5.41, 5.74) is 0. The maximum absolute atomic E-state index is 5.41. The van der Waals surface area contributed by atoms with E-state index in [1.165, 1.54) is 0 Å². The average Bonchev–Trinajstić information content (AvgIpc) is 1.85. The number of nitrogens with one attached hydrogen (secondary N) is 1. The number of hydrogen-bond donors (Lipinski definition) is 2. The van der Waals surface area contributed by atoms with E-state index in [-0.39, 0.29) is 16.5 Å². The van der Waals surface area contributed by atoms with Gasteiger partial charge in [-0.15, -0.1) is 0 Å². The van der Waals surface area contributed by atoms with Gasteiger partial charge in [-0.3, -0.25) is 0 Å². The van der Waals surface area contributed by atoms with Crippen molar-refractivity contribution in [3.63, 3.8) is 0 Å². The Balaban J connectivity index is 3.06. The van der Waals surface area contributed by atoms with Crippen LogP contribution >= 0.6 is 36.0 Å². The molecule has 1 rings (SSSR count). The maximum atomic E-state index is 5.41. The number of thiol groups is 1. The molecule has 4 nitrogen and oxygen atoms in total. The molecule has 0 atom stereocenters. The number of rotatable bonds is 1. The lowest BCUT2D eigenvalue weighted by atomic mass is 11.0. The molecule has 0 aromatic carbocycles. The predicted molar refractivity (Wildman–Crippen MR) is 42.5 cm³/mol. The third-order valence-corrected chi connectivity index (χ3v) is 1.22. The van der Waals surface area contributed by atoms with E-state index in [1.54, 1.807) is 0 Å². The van der Waals surface area contributed by atoms with E-state index in [2.05, 4.69) is 32.5 Å². The normalized spacial score (nSPS) is 9.50. The number of halogens is 2. The highest BCUT2D eigenvalue weighted by molar-refractivity contribution is 7.81. The Labute approximate surface area is 72.5 Å². The highest BCUT2D eigenvalue weighted by Crippen LogP contribution is 2.09. The van der Waals surface area contributed by atoms with Crippen LogP contribution in [0.4, 0.5) is 5.95 Å². The zero-order valence-corrected chi connectivity index (χ0v) is 6.95. The first-order chi connectivity index (χ1) is 4.72. The summed E-state index contributed by atoms with van der Waals surface area (Å²) in [7, 11) is 0. The topological polar surface area (TPSA) is 50.7 Å². The van der Waals surface area contributed by atoms with Crippen LogP contribution in [-0.4, -0.2) is 15.0 Å². The van der Waals surface area contributed by atoms with Gasteiger partial charge in [0.1, 0.15) is 0 Å². The van der Waals surface area contributed by atoms with Gasteiger partial charge in [-0.25, -0.2) is 0 Å². The van der Waals surface area contributed by atoms with E-state index in [4.69, 9.17) is 23.2 Å². The summed E-state index contributed by atoms with van der Waals surface area (Å²) in [5.74, 6) is 0.230. The summed E-state index contributed by atoms with van der Waals surface area (Å²) < 4.78 is 2.37. The minimum atomic E-state index is 0.0385. The molecule has 7 heteroatoms. The molecule has 1 aromatic heterocycles. The van der Waals surface area contributed by atoms with E-state index in [0.29, 0.717) is 0 Å². The molecule has 0 unspecified atom stereocenters. The van der Waals surface area contributed by atoms with Gasteiger partial charge in [0, 0.05) is 0 Å². The van der Waals surface area contributed by atoms with E-state index in [0.717, 1.165) is 0 Å². The highest BCUT2D eigenvalue weighted by atomic mass is 35.5. The standard InChI is InChI=1S/C3H2Cl2N4S/c4-1-6-2(5)8-3(7-1)9-10/h10H,(H,6,7,8,9). The third kappa shape index (κ3) is 1.86. The lowest BCUT2D eigenvalue weighted by molar-refractivity contribution is 1.06. The molecule has 1 heterocycles. The van der Waals surface area contributed by atoms with Crippen molar-refractivity contribution in [3.8, 4) is 0 Å². The van der Waals surface area contributed by atoms with Crippen LogP contribution < -0.4 is 4.72 Å². The van der Waals surface area contributed by atoms with Crippen LogP contribution in [0.2, 0.25) is 10.6 Å². The molecule has 0 bridgehead atoms. The number of anilines is 1. The van der Waals surface area contributed by atoms with E-state index in [9.17, 15) is 0 Å². The maximum Gasteiger partial charge on any atom is 0.238 e. The van der Waals surface area contributed by atoms with Gasteiger partial charge in [0.05, 0.1) is 0 Å². The van der Waals surface area contributed by atoms with Crippen molar-refractivity contribution >= 4 is 42.0 Å². The van der Waals surface area contributed by atoms with Gasteiger partial charge in [-0.1, -0.05) is 12.8 Å². The summed E-state index contributed by atoms with van der Waals surface area (Å²) in [6, 6.07) is 0. The molecule has 0 aliphatic rings. The van der Waals surface area contributed by atoms with E-state index in [1.807, 2.05) is 0 Å². The van der Waals surface area contributed by atoms with Gasteiger partial charge in [0.15, 0.2) is 0 Å². The fourth-order valence-electron chi connectivity index (χ4n) is 0.376. The minimum Gasteiger partial charge on any atom is -0.301 e. The van der Waals surface area contributed by atoms with E-state index < -0.39 is 0 Å². The molecule has 0 aliphatic carbocycles. The Morgan fingerprint density at radius 2 is 1.60 bits per heavy atom. The van der Waals surface area contributed by atoms with Crippen LogP contribution in [0.15, 0.2) is 0 Å². The highest BCUT2D eigenvalue weighted by Gasteiger charge is 1.99. The van der Waals surface area contributed by atoms with Gasteiger partial charge >= 0.3 is 0 Å². The first kappa shape index (κ1) is 7.84. The molecule has 1 N–H and O–H groups in total. The van der Waals surface area contributed by atoms with Crippen molar-refractivity contribution < 1.29 is 0 Å². The van der Waals surface area contributed by atoms with Crippen molar-refractivity contribution in [2.45, 2.75) is 0 Å². The molecule has 54 valence electrons. The second-order valence-electron chi connectivity index (χ2n) is 1.31. The molecule has 0 spiro atoms. The van der Waals surface area contributed by atoms with Crippen LogP contribution in [0.25, 0.3) is 0 Å².